The molecule has 3 rings (SSSR count). The average molecular weight is 433 g/mol. The van der Waals surface area contributed by atoms with Crippen molar-refractivity contribution in [1.82, 2.24) is 0 Å². The molecule has 0 heterocycles. The first-order valence-electron chi connectivity index (χ1n) is 8.74. The van der Waals surface area contributed by atoms with Crippen LogP contribution in [0.2, 0.25) is 0 Å². The molecule has 0 aromatic heterocycles. The van der Waals surface area contributed by atoms with Gasteiger partial charge in [-0.1, -0.05) is 42.5 Å². The Morgan fingerprint density at radius 2 is 1.79 bits per heavy atom. The molecule has 0 radical (unpaired) electrons. The first-order valence-corrected chi connectivity index (χ1v) is 9.53. The molecule has 0 saturated carbocycles. The molecular weight excluding hydrogens is 416 g/mol. The summed E-state index contributed by atoms with van der Waals surface area (Å²) in [5.74, 6) is 1.14. The topological polar surface area (TPSA) is 66.0 Å². The van der Waals surface area contributed by atoms with E-state index in [-0.39, 0.29) is 5.57 Å². The van der Waals surface area contributed by atoms with Crippen LogP contribution in [-0.2, 0) is 6.61 Å². The van der Waals surface area contributed by atoms with Crippen LogP contribution in [-0.4, -0.2) is 6.61 Å². The van der Waals surface area contributed by atoms with Gasteiger partial charge in [-0.15, -0.1) is 0 Å². The van der Waals surface area contributed by atoms with Crippen molar-refractivity contribution in [2.75, 3.05) is 6.61 Å². The first kappa shape index (κ1) is 19.5. The van der Waals surface area contributed by atoms with Gasteiger partial charge in [0.05, 0.1) is 11.1 Å². The quantitative estimate of drug-likeness (QED) is 0.447. The number of hydrogen-bond acceptors (Lipinski definition) is 4. The molecule has 0 saturated heterocycles. The summed E-state index contributed by atoms with van der Waals surface area (Å²) in [6.07, 6.45) is 1.52. The Morgan fingerprint density at radius 3 is 2.54 bits per heavy atom. The van der Waals surface area contributed by atoms with Crippen LogP contribution in [0, 0.1) is 22.7 Å². The minimum Gasteiger partial charge on any atom is -0.490 e. The van der Waals surface area contributed by atoms with E-state index in [9.17, 15) is 0 Å². The van der Waals surface area contributed by atoms with E-state index in [4.69, 9.17) is 20.0 Å². The largest absolute Gasteiger partial charge is 0.490 e. The fourth-order valence-corrected chi connectivity index (χ4v) is 3.47. The normalized spacial score (nSPS) is 10.0. The number of nitrogens with zero attached hydrogens (tertiary/aromatic N) is 2. The van der Waals surface area contributed by atoms with Gasteiger partial charge in [0.15, 0.2) is 11.5 Å². The molecule has 138 valence electrons. The predicted octanol–water partition coefficient (Wildman–Crippen LogP) is 6.01. The van der Waals surface area contributed by atoms with Crippen LogP contribution >= 0.6 is 15.9 Å². The summed E-state index contributed by atoms with van der Waals surface area (Å²) >= 11 is 3.52. The lowest BCUT2D eigenvalue weighted by Gasteiger charge is -2.15. The molecule has 0 aliphatic carbocycles. The molecular formula is C23H17BrN2O2. The van der Waals surface area contributed by atoms with Crippen LogP contribution in [0.25, 0.3) is 16.8 Å². The molecule has 0 spiro atoms. The summed E-state index contributed by atoms with van der Waals surface area (Å²) in [6.45, 7) is 2.74. The third kappa shape index (κ3) is 4.34. The standard InChI is InChI=1S/C23H17BrN2O2/c1-2-27-22-12-16(10-17(13-25)14-26)11-21(24)23(22)28-15-19-8-5-7-18-6-3-4-9-20(18)19/h3-12H,2,15H2,1H3. The summed E-state index contributed by atoms with van der Waals surface area (Å²) in [6, 6.07) is 21.6. The van der Waals surface area contributed by atoms with Gasteiger partial charge in [-0.2, -0.15) is 10.5 Å². The molecule has 0 N–H and O–H groups in total. The Morgan fingerprint density at radius 1 is 1.04 bits per heavy atom. The van der Waals surface area contributed by atoms with Gasteiger partial charge in [-0.05, 0) is 63.0 Å². The Kier molecular flexibility index (Phi) is 6.32. The van der Waals surface area contributed by atoms with E-state index in [1.54, 1.807) is 12.1 Å². The molecule has 0 amide bonds. The van der Waals surface area contributed by atoms with Crippen LogP contribution in [0.15, 0.2) is 64.6 Å². The number of nitriles is 2. The second-order valence-corrected chi connectivity index (χ2v) is 6.83. The zero-order chi connectivity index (χ0) is 19.9. The van der Waals surface area contributed by atoms with Crippen molar-refractivity contribution in [1.29, 1.82) is 10.5 Å². The lowest BCUT2D eigenvalue weighted by molar-refractivity contribution is 0.268. The highest BCUT2D eigenvalue weighted by Gasteiger charge is 2.13. The average Bonchev–Trinajstić information content (AvgIpc) is 2.71. The summed E-state index contributed by atoms with van der Waals surface area (Å²) in [4.78, 5) is 0. The molecule has 0 atom stereocenters. The van der Waals surface area contributed by atoms with Crippen molar-refractivity contribution in [3.63, 3.8) is 0 Å². The molecule has 3 aromatic carbocycles. The highest BCUT2D eigenvalue weighted by molar-refractivity contribution is 9.10. The van der Waals surface area contributed by atoms with Crippen molar-refractivity contribution >= 4 is 32.8 Å². The number of rotatable bonds is 6. The number of allylic oxidation sites excluding steroid dienone is 1. The fraction of sp³-hybridized carbons (Fsp3) is 0.130. The van der Waals surface area contributed by atoms with Gasteiger partial charge in [0.2, 0.25) is 0 Å². The SMILES string of the molecule is CCOc1cc(C=C(C#N)C#N)cc(Br)c1OCc1cccc2ccccc12. The van der Waals surface area contributed by atoms with Crippen molar-refractivity contribution in [2.24, 2.45) is 0 Å². The molecule has 0 fully saturated rings. The Labute approximate surface area is 172 Å². The summed E-state index contributed by atoms with van der Waals surface area (Å²) < 4.78 is 12.5. The van der Waals surface area contributed by atoms with Crippen LogP contribution in [0.5, 0.6) is 11.5 Å². The zero-order valence-corrected chi connectivity index (χ0v) is 16.9. The van der Waals surface area contributed by atoms with Gasteiger partial charge < -0.3 is 9.47 Å². The van der Waals surface area contributed by atoms with E-state index in [1.165, 1.54) is 6.08 Å². The van der Waals surface area contributed by atoms with E-state index >= 15 is 0 Å². The van der Waals surface area contributed by atoms with Crippen LogP contribution in [0.3, 0.4) is 0 Å². The molecule has 0 aliphatic heterocycles. The highest BCUT2D eigenvalue weighted by atomic mass is 79.9. The maximum atomic E-state index is 8.97. The maximum Gasteiger partial charge on any atom is 0.175 e. The lowest BCUT2D eigenvalue weighted by atomic mass is 10.1. The van der Waals surface area contributed by atoms with Gasteiger partial charge >= 0.3 is 0 Å². The monoisotopic (exact) mass is 432 g/mol. The first-order chi connectivity index (χ1) is 13.7. The van der Waals surface area contributed by atoms with E-state index in [0.717, 1.165) is 16.3 Å². The van der Waals surface area contributed by atoms with Crippen LogP contribution in [0.1, 0.15) is 18.1 Å². The molecule has 5 heteroatoms. The van der Waals surface area contributed by atoms with Gasteiger partial charge in [0.25, 0.3) is 0 Å². The Hall–Kier alpha value is -3.28. The number of ether oxygens (including phenoxy) is 2. The Balaban J connectivity index is 1.94. The fourth-order valence-electron chi connectivity index (χ4n) is 2.90. The molecule has 3 aromatic rings. The predicted molar refractivity (Wildman–Crippen MR) is 113 cm³/mol. The lowest BCUT2D eigenvalue weighted by Crippen LogP contribution is -2.01. The zero-order valence-electron chi connectivity index (χ0n) is 15.3. The smallest absolute Gasteiger partial charge is 0.175 e. The number of fused-ring (bicyclic) bond motifs is 1. The molecule has 0 aliphatic rings. The third-order valence-electron chi connectivity index (χ3n) is 4.14. The minimum atomic E-state index is 0.0266. The number of halogens is 1. The van der Waals surface area contributed by atoms with Crippen LogP contribution in [0.4, 0.5) is 0 Å². The molecule has 4 nitrogen and oxygen atoms in total. The number of benzene rings is 3. The highest BCUT2D eigenvalue weighted by Crippen LogP contribution is 2.38. The van der Waals surface area contributed by atoms with E-state index in [1.807, 2.05) is 43.3 Å². The van der Waals surface area contributed by atoms with Crippen molar-refractivity contribution in [3.8, 4) is 23.6 Å². The van der Waals surface area contributed by atoms with Crippen LogP contribution < -0.4 is 9.47 Å². The molecule has 28 heavy (non-hydrogen) atoms. The summed E-state index contributed by atoms with van der Waals surface area (Å²) in [7, 11) is 0. The van der Waals surface area contributed by atoms with E-state index in [0.29, 0.717) is 34.7 Å². The Bertz CT molecular complexity index is 1100. The maximum absolute atomic E-state index is 8.97. The molecule has 0 bridgehead atoms. The van der Waals surface area contributed by atoms with E-state index < -0.39 is 0 Å². The second-order valence-electron chi connectivity index (χ2n) is 5.97. The summed E-state index contributed by atoms with van der Waals surface area (Å²) in [5, 5.41) is 20.3. The second kappa shape index (κ2) is 9.08. The van der Waals surface area contributed by atoms with Crippen molar-refractivity contribution < 1.29 is 9.47 Å². The van der Waals surface area contributed by atoms with Gasteiger partial charge in [-0.25, -0.2) is 0 Å². The minimum absolute atomic E-state index is 0.0266. The van der Waals surface area contributed by atoms with Crippen molar-refractivity contribution in [3.05, 3.63) is 75.8 Å². The van der Waals surface area contributed by atoms with Gasteiger partial charge in [0.1, 0.15) is 24.3 Å². The van der Waals surface area contributed by atoms with Gasteiger partial charge in [0, 0.05) is 0 Å². The summed E-state index contributed by atoms with van der Waals surface area (Å²) in [5.41, 5.74) is 1.79. The van der Waals surface area contributed by atoms with Gasteiger partial charge in [-0.3, -0.25) is 0 Å². The van der Waals surface area contributed by atoms with Crippen molar-refractivity contribution in [2.45, 2.75) is 13.5 Å². The van der Waals surface area contributed by atoms with E-state index in [2.05, 4.69) is 34.1 Å². The molecule has 0 unspecified atom stereocenters. The number of hydrogen-bond donors (Lipinski definition) is 0. The third-order valence-corrected chi connectivity index (χ3v) is 4.72.